The highest BCUT2D eigenvalue weighted by Gasteiger charge is 2.34. The first-order valence-corrected chi connectivity index (χ1v) is 17.7. The van der Waals surface area contributed by atoms with Crippen LogP contribution in [0.4, 0.5) is 4.79 Å². The number of alkyl carbamates (subject to hydrolysis) is 1. The Labute approximate surface area is 296 Å². The standard InChI is InChI=1S/C36H59N5O9/c1-21(2)17-28(29(43)18-24(7)32(44)40-30(22(3)4)34(46)37-19-25-11-9-8-10-12-25)39-33(45)27(13-15-42)38-35(47)31(23(5)6)41-36(48)50-26-14-16-49-20-26/h8-12,21-24,26-31,42-43H,13-20H2,1-7H3,(H,37,46)(H,38,47)(H,39,45)(H,40,44)(H,41,48)/t24-,26?,27+,28+,29+,30+,31+/m1/s1. The fourth-order valence-corrected chi connectivity index (χ4v) is 5.57. The van der Waals surface area contributed by atoms with E-state index >= 15 is 0 Å². The van der Waals surface area contributed by atoms with Crippen LogP contribution in [0.15, 0.2) is 30.3 Å². The third-order valence-corrected chi connectivity index (χ3v) is 8.55. The Bertz CT molecular complexity index is 1220. The van der Waals surface area contributed by atoms with Gasteiger partial charge in [-0.25, -0.2) is 4.79 Å². The first kappa shape index (κ1) is 42.4. The summed E-state index contributed by atoms with van der Waals surface area (Å²) >= 11 is 0. The molecule has 1 saturated heterocycles. The molecule has 1 aromatic carbocycles. The zero-order chi connectivity index (χ0) is 37.4. The van der Waals surface area contributed by atoms with Crippen molar-refractivity contribution in [3.63, 3.8) is 0 Å². The molecule has 1 heterocycles. The van der Waals surface area contributed by atoms with Crippen LogP contribution in [0.3, 0.4) is 0 Å². The zero-order valence-electron chi connectivity index (χ0n) is 30.6. The lowest BCUT2D eigenvalue weighted by molar-refractivity contribution is -0.133. The van der Waals surface area contributed by atoms with Crippen molar-refractivity contribution >= 4 is 29.7 Å². The molecular weight excluding hydrogens is 646 g/mol. The van der Waals surface area contributed by atoms with Crippen LogP contribution in [0.25, 0.3) is 0 Å². The van der Waals surface area contributed by atoms with Crippen molar-refractivity contribution in [1.29, 1.82) is 0 Å². The largest absolute Gasteiger partial charge is 0.444 e. The molecule has 2 rings (SSSR count). The second kappa shape index (κ2) is 21.5. The van der Waals surface area contributed by atoms with Gasteiger partial charge in [-0.2, -0.15) is 0 Å². The van der Waals surface area contributed by atoms with Gasteiger partial charge in [0.2, 0.25) is 23.6 Å². The highest BCUT2D eigenvalue weighted by atomic mass is 16.6. The molecule has 0 saturated carbocycles. The van der Waals surface area contributed by atoms with Crippen LogP contribution >= 0.6 is 0 Å². The second-order valence-corrected chi connectivity index (χ2v) is 14.2. The number of hydrogen-bond donors (Lipinski definition) is 7. The van der Waals surface area contributed by atoms with Gasteiger partial charge < -0.3 is 46.3 Å². The van der Waals surface area contributed by atoms with Crippen LogP contribution in [0, 0.1) is 23.7 Å². The normalized spacial score (nSPS) is 18.0. The SMILES string of the molecule is CC(C)C[C@H](NC(=O)[C@H](CCO)NC(=O)[C@@H](NC(=O)OC1CCOC1)C(C)C)[C@@H](O)C[C@@H](C)C(=O)N[C@H](C(=O)NCc1ccccc1)C(C)C. The average Bonchev–Trinajstić information content (AvgIpc) is 3.57. The van der Waals surface area contributed by atoms with Crippen LogP contribution in [0.2, 0.25) is 0 Å². The van der Waals surface area contributed by atoms with Gasteiger partial charge in [-0.3, -0.25) is 19.2 Å². The van der Waals surface area contributed by atoms with Crippen molar-refractivity contribution in [3.05, 3.63) is 35.9 Å². The molecule has 1 aliphatic rings. The van der Waals surface area contributed by atoms with Gasteiger partial charge in [0.15, 0.2) is 0 Å². The minimum Gasteiger partial charge on any atom is -0.444 e. The lowest BCUT2D eigenvalue weighted by Crippen LogP contribution is -2.58. The molecule has 50 heavy (non-hydrogen) atoms. The van der Waals surface area contributed by atoms with Gasteiger partial charge in [0.05, 0.1) is 25.4 Å². The minimum atomic E-state index is -1.17. The molecule has 7 atom stereocenters. The smallest absolute Gasteiger partial charge is 0.408 e. The molecule has 0 aromatic heterocycles. The van der Waals surface area contributed by atoms with E-state index < -0.39 is 72.7 Å². The molecule has 14 nitrogen and oxygen atoms in total. The number of rotatable bonds is 20. The summed E-state index contributed by atoms with van der Waals surface area (Å²) in [5.74, 6) is -3.20. The summed E-state index contributed by atoms with van der Waals surface area (Å²) in [6.07, 6.45) is -1.52. The summed E-state index contributed by atoms with van der Waals surface area (Å²) in [6.45, 7) is 13.3. The summed E-state index contributed by atoms with van der Waals surface area (Å²) in [7, 11) is 0. The Hall–Kier alpha value is -3.75. The molecule has 282 valence electrons. The molecule has 0 bridgehead atoms. The van der Waals surface area contributed by atoms with E-state index in [9.17, 15) is 34.2 Å². The maximum atomic E-state index is 13.5. The van der Waals surface area contributed by atoms with Crippen molar-refractivity contribution in [1.82, 2.24) is 26.6 Å². The fourth-order valence-electron chi connectivity index (χ4n) is 5.57. The molecule has 1 aromatic rings. The van der Waals surface area contributed by atoms with Crippen molar-refractivity contribution in [2.45, 2.75) is 117 Å². The maximum Gasteiger partial charge on any atom is 0.408 e. The molecule has 1 aliphatic heterocycles. The Balaban J connectivity index is 2.04. The lowest BCUT2D eigenvalue weighted by Gasteiger charge is -2.30. The van der Waals surface area contributed by atoms with Gasteiger partial charge in [0.1, 0.15) is 24.2 Å². The number of hydrogen-bond acceptors (Lipinski definition) is 9. The van der Waals surface area contributed by atoms with E-state index in [0.29, 0.717) is 26.0 Å². The highest BCUT2D eigenvalue weighted by Crippen LogP contribution is 2.17. The quantitative estimate of drug-likeness (QED) is 0.105. The highest BCUT2D eigenvalue weighted by molar-refractivity contribution is 5.91. The number of benzene rings is 1. The second-order valence-electron chi connectivity index (χ2n) is 14.2. The van der Waals surface area contributed by atoms with E-state index in [0.717, 1.165) is 5.56 Å². The van der Waals surface area contributed by atoms with Crippen molar-refractivity contribution in [3.8, 4) is 0 Å². The molecule has 0 spiro atoms. The first-order chi connectivity index (χ1) is 23.6. The maximum absolute atomic E-state index is 13.5. The van der Waals surface area contributed by atoms with Crippen molar-refractivity contribution in [2.24, 2.45) is 23.7 Å². The van der Waals surface area contributed by atoms with E-state index in [4.69, 9.17) is 9.47 Å². The third kappa shape index (κ3) is 14.6. The molecule has 5 amide bonds. The van der Waals surface area contributed by atoms with Crippen LogP contribution in [-0.2, 0) is 35.2 Å². The topological polar surface area (TPSA) is 204 Å². The van der Waals surface area contributed by atoms with E-state index in [1.165, 1.54) is 0 Å². The average molecular weight is 706 g/mol. The number of aliphatic hydroxyl groups excluding tert-OH is 2. The molecular formula is C36H59N5O9. The molecule has 1 unspecified atom stereocenters. The van der Waals surface area contributed by atoms with E-state index in [1.54, 1.807) is 20.8 Å². The van der Waals surface area contributed by atoms with E-state index in [-0.39, 0.29) is 43.1 Å². The molecule has 14 heteroatoms. The van der Waals surface area contributed by atoms with Gasteiger partial charge in [0.25, 0.3) is 0 Å². The van der Waals surface area contributed by atoms with Crippen LogP contribution in [0.5, 0.6) is 0 Å². The predicted octanol–water partition coefficient (Wildman–Crippen LogP) is 1.77. The molecule has 0 aliphatic carbocycles. The molecule has 1 fully saturated rings. The number of carbonyl (C=O) groups excluding carboxylic acids is 5. The molecule has 0 radical (unpaired) electrons. The number of ether oxygens (including phenoxy) is 2. The third-order valence-electron chi connectivity index (χ3n) is 8.55. The summed E-state index contributed by atoms with van der Waals surface area (Å²) in [4.78, 5) is 65.4. The number of nitrogens with one attached hydrogen (secondary N) is 5. The van der Waals surface area contributed by atoms with Crippen LogP contribution in [0.1, 0.15) is 79.7 Å². The summed E-state index contributed by atoms with van der Waals surface area (Å²) < 4.78 is 10.5. The summed E-state index contributed by atoms with van der Waals surface area (Å²) in [5, 5.41) is 34.7. The number of carbonyl (C=O) groups is 5. The predicted molar refractivity (Wildman–Crippen MR) is 187 cm³/mol. The van der Waals surface area contributed by atoms with E-state index in [2.05, 4.69) is 26.6 Å². The fraction of sp³-hybridized carbons (Fsp3) is 0.694. The molecule has 7 N–H and O–H groups in total. The van der Waals surface area contributed by atoms with Gasteiger partial charge in [-0.1, -0.05) is 78.8 Å². The van der Waals surface area contributed by atoms with Crippen molar-refractivity contribution < 1.29 is 43.7 Å². The van der Waals surface area contributed by atoms with Crippen molar-refractivity contribution in [2.75, 3.05) is 19.8 Å². The summed E-state index contributed by atoms with van der Waals surface area (Å²) in [6, 6.07) is 5.67. The monoisotopic (exact) mass is 705 g/mol. The van der Waals surface area contributed by atoms with Gasteiger partial charge >= 0.3 is 6.09 Å². The Kier molecular flexibility index (Phi) is 18.2. The van der Waals surface area contributed by atoms with Crippen LogP contribution < -0.4 is 26.6 Å². The Morgan fingerprint density at radius 1 is 0.820 bits per heavy atom. The zero-order valence-corrected chi connectivity index (χ0v) is 30.6. The minimum absolute atomic E-state index is 0.00946. The van der Waals surface area contributed by atoms with Gasteiger partial charge in [-0.05, 0) is 42.6 Å². The number of aliphatic hydroxyl groups is 2. The van der Waals surface area contributed by atoms with Crippen LogP contribution in [-0.4, -0.2) is 96.1 Å². The Morgan fingerprint density at radius 2 is 1.46 bits per heavy atom. The number of amides is 5. The Morgan fingerprint density at radius 3 is 2.02 bits per heavy atom. The lowest BCUT2D eigenvalue weighted by atomic mass is 9.91. The first-order valence-electron chi connectivity index (χ1n) is 17.7. The summed E-state index contributed by atoms with van der Waals surface area (Å²) in [5.41, 5.74) is 0.928. The van der Waals surface area contributed by atoms with E-state index in [1.807, 2.05) is 58.0 Å². The van der Waals surface area contributed by atoms with Gasteiger partial charge in [0, 0.05) is 25.5 Å². The van der Waals surface area contributed by atoms with Gasteiger partial charge in [-0.15, -0.1) is 0 Å².